The second-order valence-corrected chi connectivity index (χ2v) is 5.26. The van der Waals surface area contributed by atoms with Crippen molar-refractivity contribution in [1.29, 1.82) is 0 Å². The highest BCUT2D eigenvalue weighted by atomic mass is 127. The first kappa shape index (κ1) is 18.1. The van der Waals surface area contributed by atoms with Crippen LogP contribution in [0, 0.1) is 0 Å². The molecule has 0 aliphatic carbocycles. The van der Waals surface area contributed by atoms with E-state index in [2.05, 4.69) is 15.3 Å². The Morgan fingerprint density at radius 2 is 1.84 bits per heavy atom. The normalized spacial score (nSPS) is 10.7. The second-order valence-electron chi connectivity index (χ2n) is 4.90. The molecule has 0 saturated carbocycles. The molecule has 9 heteroatoms. The Hall–Kier alpha value is -0.870. The van der Waals surface area contributed by atoms with Crippen LogP contribution < -0.4 is 40.8 Å². The van der Waals surface area contributed by atoms with E-state index in [0.717, 1.165) is 11.0 Å². The van der Waals surface area contributed by atoms with Gasteiger partial charge in [-0.25, -0.2) is 9.97 Å². The van der Waals surface area contributed by atoms with Gasteiger partial charge in [0.1, 0.15) is 0 Å². The van der Waals surface area contributed by atoms with E-state index in [1.165, 1.54) is 0 Å². The Morgan fingerprint density at radius 1 is 1.26 bits per heavy atom. The first-order valence-corrected chi connectivity index (χ1v) is 5.75. The maximum atomic E-state index is 11.8. The number of carbonyl (C=O) groups is 1. The van der Waals surface area contributed by atoms with E-state index in [0.29, 0.717) is 6.54 Å². The van der Waals surface area contributed by atoms with Crippen molar-refractivity contribution in [2.75, 3.05) is 45.7 Å². The van der Waals surface area contributed by atoms with Gasteiger partial charge in [-0.3, -0.25) is 4.79 Å². The first-order chi connectivity index (χ1) is 8.20. The molecule has 1 rings (SSSR count). The molecule has 7 nitrogen and oxygen atoms in total. The fourth-order valence-corrected chi connectivity index (χ4v) is 1.32. The van der Waals surface area contributed by atoms with Crippen molar-refractivity contribution < 1.29 is 33.3 Å². The van der Waals surface area contributed by atoms with Crippen LogP contribution in [-0.4, -0.2) is 54.6 Å². The summed E-state index contributed by atoms with van der Waals surface area (Å²) in [6.07, 6.45) is 0. The van der Waals surface area contributed by atoms with E-state index in [-0.39, 0.29) is 46.5 Å². The van der Waals surface area contributed by atoms with Crippen molar-refractivity contribution >= 4 is 29.1 Å². The lowest BCUT2D eigenvalue weighted by Gasteiger charge is -2.23. The molecule has 1 aromatic rings. The van der Waals surface area contributed by atoms with Gasteiger partial charge in [0.05, 0.1) is 34.2 Å². The van der Waals surface area contributed by atoms with E-state index in [4.69, 9.17) is 23.1 Å². The van der Waals surface area contributed by atoms with Crippen LogP contribution in [0.1, 0.15) is 10.5 Å². The third kappa shape index (κ3) is 5.74. The number of nitrogens with one attached hydrogen (secondary N) is 1. The number of nitrogens with two attached hydrogens (primary N) is 2. The molecule has 0 fully saturated rings. The highest BCUT2D eigenvalue weighted by Gasteiger charge is 2.16. The number of quaternary nitrogens is 1. The van der Waals surface area contributed by atoms with E-state index in [1.807, 2.05) is 21.1 Å². The zero-order valence-corrected chi connectivity index (χ0v) is 14.0. The fourth-order valence-electron chi connectivity index (χ4n) is 1.20. The summed E-state index contributed by atoms with van der Waals surface area (Å²) >= 11 is 5.70. The number of nitrogens with zero attached hydrogens (tertiary/aromatic N) is 3. The Labute approximate surface area is 134 Å². The molecule has 0 bridgehead atoms. The van der Waals surface area contributed by atoms with Crippen molar-refractivity contribution in [2.45, 2.75) is 0 Å². The second kappa shape index (κ2) is 7.06. The van der Waals surface area contributed by atoms with Gasteiger partial charge in [0, 0.05) is 0 Å². The van der Waals surface area contributed by atoms with Gasteiger partial charge in [-0.15, -0.1) is 0 Å². The lowest BCUT2D eigenvalue weighted by atomic mass is 10.3. The molecule has 0 aliphatic heterocycles. The van der Waals surface area contributed by atoms with E-state index >= 15 is 0 Å². The van der Waals surface area contributed by atoms with Crippen LogP contribution in [0.2, 0.25) is 5.15 Å². The topological polar surface area (TPSA) is 107 Å². The molecule has 0 aromatic carbocycles. The van der Waals surface area contributed by atoms with Crippen molar-refractivity contribution in [3.05, 3.63) is 10.8 Å². The molecule has 0 unspecified atom stereocenters. The minimum absolute atomic E-state index is 0. The highest BCUT2D eigenvalue weighted by Crippen LogP contribution is 2.16. The largest absolute Gasteiger partial charge is 1.00 e. The number of hydrogen-bond donors (Lipinski definition) is 3. The summed E-state index contributed by atoms with van der Waals surface area (Å²) in [5, 5.41) is 2.68. The van der Waals surface area contributed by atoms with Gasteiger partial charge < -0.3 is 45.2 Å². The van der Waals surface area contributed by atoms with Crippen LogP contribution in [0.4, 0.5) is 11.6 Å². The van der Waals surface area contributed by atoms with Gasteiger partial charge in [0.15, 0.2) is 22.5 Å². The minimum atomic E-state index is -0.407. The Kier molecular flexibility index (Phi) is 6.73. The summed E-state index contributed by atoms with van der Waals surface area (Å²) in [4.78, 5) is 19.4. The van der Waals surface area contributed by atoms with Crippen LogP contribution in [-0.2, 0) is 0 Å². The standard InChI is InChI=1S/C10H17ClN6O.HI/c1-17(2,3)5-4-14-10(18)6-8(12)16-9(13)7(11)15-6;/h4-5H2,1-3H3,(H4-,12,13,14,16,18);1H. The number of carbonyl (C=O) groups excluding carboxylic acids is 1. The smallest absolute Gasteiger partial charge is 0.273 e. The molecule has 108 valence electrons. The molecule has 1 aromatic heterocycles. The maximum Gasteiger partial charge on any atom is 0.273 e. The number of nitrogen functional groups attached to an aromatic ring is 2. The molecule has 0 spiro atoms. The minimum Gasteiger partial charge on any atom is -1.00 e. The number of rotatable bonds is 4. The number of halogens is 2. The van der Waals surface area contributed by atoms with Crippen molar-refractivity contribution in [1.82, 2.24) is 15.3 Å². The molecule has 1 amide bonds. The zero-order valence-electron chi connectivity index (χ0n) is 11.1. The van der Waals surface area contributed by atoms with Crippen LogP contribution in [0.25, 0.3) is 0 Å². The Morgan fingerprint density at radius 3 is 2.37 bits per heavy atom. The van der Waals surface area contributed by atoms with Crippen LogP contribution in [0.5, 0.6) is 0 Å². The number of anilines is 2. The molecule has 0 atom stereocenters. The lowest BCUT2D eigenvalue weighted by Crippen LogP contribution is -3.00. The zero-order chi connectivity index (χ0) is 13.9. The van der Waals surface area contributed by atoms with Gasteiger partial charge in [0.2, 0.25) is 0 Å². The summed E-state index contributed by atoms with van der Waals surface area (Å²) in [5.41, 5.74) is 11.0. The van der Waals surface area contributed by atoms with Crippen LogP contribution in [0.15, 0.2) is 0 Å². The Bertz CT molecular complexity index is 462. The fraction of sp³-hybridized carbons (Fsp3) is 0.500. The molecule has 0 saturated heterocycles. The number of likely N-dealkylation sites (N-methyl/N-ethyl adjacent to an activating group) is 1. The predicted octanol–water partition coefficient (Wildman–Crippen LogP) is -3.27. The molecule has 0 aliphatic rings. The molecule has 19 heavy (non-hydrogen) atoms. The van der Waals surface area contributed by atoms with Crippen molar-refractivity contribution in [2.24, 2.45) is 0 Å². The Balaban J connectivity index is 0.00000324. The summed E-state index contributed by atoms with van der Waals surface area (Å²) in [6, 6.07) is 0. The van der Waals surface area contributed by atoms with Gasteiger partial charge in [-0.1, -0.05) is 11.6 Å². The van der Waals surface area contributed by atoms with E-state index in [1.54, 1.807) is 0 Å². The number of hydrogen-bond acceptors (Lipinski definition) is 5. The molecular formula is C10H18ClIN6O. The summed E-state index contributed by atoms with van der Waals surface area (Å²) in [5.74, 6) is -0.424. The van der Waals surface area contributed by atoms with Gasteiger partial charge in [-0.2, -0.15) is 0 Å². The predicted molar refractivity (Wildman–Crippen MR) is 71.1 cm³/mol. The monoisotopic (exact) mass is 400 g/mol. The van der Waals surface area contributed by atoms with Crippen LogP contribution >= 0.6 is 11.6 Å². The first-order valence-electron chi connectivity index (χ1n) is 5.38. The molecule has 0 radical (unpaired) electrons. The van der Waals surface area contributed by atoms with Gasteiger partial charge in [-0.05, 0) is 0 Å². The number of amides is 1. The quantitative estimate of drug-likeness (QED) is 0.363. The average Bonchev–Trinajstić information content (AvgIpc) is 2.21. The SMILES string of the molecule is C[N+](C)(C)CCNC(=O)c1nc(Cl)c(N)nc1N.[I-]. The summed E-state index contributed by atoms with van der Waals surface area (Å²) in [6.45, 7) is 1.28. The third-order valence-electron chi connectivity index (χ3n) is 2.19. The van der Waals surface area contributed by atoms with E-state index in [9.17, 15) is 4.79 Å². The molecule has 1 heterocycles. The maximum absolute atomic E-state index is 11.8. The third-order valence-corrected chi connectivity index (χ3v) is 2.47. The number of aromatic nitrogens is 2. The van der Waals surface area contributed by atoms with Gasteiger partial charge in [0.25, 0.3) is 5.91 Å². The lowest BCUT2D eigenvalue weighted by molar-refractivity contribution is -0.869. The van der Waals surface area contributed by atoms with Crippen molar-refractivity contribution in [3.8, 4) is 0 Å². The molecular weight excluding hydrogens is 383 g/mol. The van der Waals surface area contributed by atoms with Crippen molar-refractivity contribution in [3.63, 3.8) is 0 Å². The summed E-state index contributed by atoms with van der Waals surface area (Å²) < 4.78 is 0.740. The summed E-state index contributed by atoms with van der Waals surface area (Å²) in [7, 11) is 6.08. The average molecular weight is 401 g/mol. The highest BCUT2D eigenvalue weighted by molar-refractivity contribution is 6.31. The van der Waals surface area contributed by atoms with Crippen LogP contribution in [0.3, 0.4) is 0 Å². The van der Waals surface area contributed by atoms with E-state index < -0.39 is 5.91 Å². The van der Waals surface area contributed by atoms with Gasteiger partial charge >= 0.3 is 0 Å². The molecule has 5 N–H and O–H groups in total.